The van der Waals surface area contributed by atoms with Gasteiger partial charge < -0.3 is 9.42 Å². The summed E-state index contributed by atoms with van der Waals surface area (Å²) >= 11 is 0. The van der Waals surface area contributed by atoms with Crippen LogP contribution in [-0.2, 0) is 15.8 Å². The van der Waals surface area contributed by atoms with Crippen LogP contribution in [0.15, 0.2) is 41.2 Å². The van der Waals surface area contributed by atoms with Crippen molar-refractivity contribution in [3.05, 3.63) is 48.2 Å². The van der Waals surface area contributed by atoms with Gasteiger partial charge in [0.15, 0.2) is 11.4 Å². The molecule has 0 spiro atoms. The normalized spacial score (nSPS) is 16.0. The van der Waals surface area contributed by atoms with Gasteiger partial charge in [0.1, 0.15) is 11.4 Å². The van der Waals surface area contributed by atoms with Crippen molar-refractivity contribution in [1.29, 1.82) is 0 Å². The van der Waals surface area contributed by atoms with E-state index < -0.39 is 15.8 Å². The predicted molar refractivity (Wildman–Crippen MR) is 102 cm³/mol. The lowest BCUT2D eigenvalue weighted by molar-refractivity contribution is 0.398. The summed E-state index contributed by atoms with van der Waals surface area (Å²) in [4.78, 5) is 9.96. The Hall–Kier alpha value is -2.59. The molecule has 0 unspecified atom stereocenters. The molecule has 1 aliphatic heterocycles. The molecule has 0 atom stereocenters. The zero-order valence-corrected chi connectivity index (χ0v) is 15.9. The van der Waals surface area contributed by atoms with E-state index in [1.54, 1.807) is 12.1 Å². The third-order valence-electron chi connectivity index (χ3n) is 4.87. The van der Waals surface area contributed by atoms with Gasteiger partial charge in [0, 0.05) is 25.0 Å². The fourth-order valence-electron chi connectivity index (χ4n) is 3.32. The first kappa shape index (κ1) is 18.8. The highest BCUT2D eigenvalue weighted by molar-refractivity contribution is 7.88. The summed E-state index contributed by atoms with van der Waals surface area (Å²) in [6, 6.07) is 7.18. The fraction of sp³-hybridized carbons (Fsp3) is 0.389. The second-order valence-corrected chi connectivity index (χ2v) is 8.67. The second kappa shape index (κ2) is 7.80. The van der Waals surface area contributed by atoms with Crippen LogP contribution >= 0.6 is 0 Å². The van der Waals surface area contributed by atoms with Crippen molar-refractivity contribution >= 4 is 26.9 Å². The van der Waals surface area contributed by atoms with Gasteiger partial charge in [-0.05, 0) is 30.9 Å². The Balaban J connectivity index is 1.30. The number of nitrogens with zero attached hydrogens (tertiary/aromatic N) is 4. The van der Waals surface area contributed by atoms with E-state index in [-0.39, 0.29) is 11.7 Å². The molecule has 0 amide bonds. The first-order chi connectivity index (χ1) is 13.5. The minimum atomic E-state index is -3.52. The Bertz CT molecular complexity index is 1050. The van der Waals surface area contributed by atoms with Gasteiger partial charge in [-0.25, -0.2) is 27.5 Å². The van der Waals surface area contributed by atoms with E-state index in [0.29, 0.717) is 42.2 Å². The lowest BCUT2D eigenvalue weighted by Crippen LogP contribution is -2.39. The van der Waals surface area contributed by atoms with Crippen molar-refractivity contribution in [2.45, 2.75) is 18.6 Å². The minimum absolute atomic E-state index is 0.216. The van der Waals surface area contributed by atoms with Crippen LogP contribution in [0.2, 0.25) is 0 Å². The largest absolute Gasteiger partial charge is 0.356 e. The molecular formula is C18H20FN5O3S. The number of benzene rings is 1. The van der Waals surface area contributed by atoms with E-state index in [4.69, 9.17) is 4.52 Å². The molecule has 4 rings (SSSR count). The molecule has 1 fully saturated rings. The Morgan fingerprint density at radius 3 is 2.64 bits per heavy atom. The lowest BCUT2D eigenvalue weighted by atomic mass is 9.97. The number of hydrogen-bond acceptors (Lipinski definition) is 7. The van der Waals surface area contributed by atoms with E-state index in [2.05, 4.69) is 19.8 Å². The van der Waals surface area contributed by atoms with E-state index in [9.17, 15) is 12.8 Å². The topological polar surface area (TPSA) is 101 Å². The molecule has 1 N–H and O–H groups in total. The number of anilines is 1. The van der Waals surface area contributed by atoms with Crippen molar-refractivity contribution < 1.29 is 17.3 Å². The average Bonchev–Trinajstić information content (AvgIpc) is 3.10. The molecule has 0 bridgehead atoms. The maximum Gasteiger partial charge on any atom is 0.225 e. The number of nitrogens with one attached hydrogen (secondary N) is 1. The molecule has 1 saturated heterocycles. The maximum absolute atomic E-state index is 12.9. The lowest BCUT2D eigenvalue weighted by Gasteiger charge is -2.31. The van der Waals surface area contributed by atoms with Gasteiger partial charge in [-0.3, -0.25) is 0 Å². The molecule has 3 aromatic rings. The zero-order valence-electron chi connectivity index (χ0n) is 15.1. The third-order valence-corrected chi connectivity index (χ3v) is 6.13. The number of halogens is 1. The molecule has 0 aliphatic carbocycles. The van der Waals surface area contributed by atoms with Crippen molar-refractivity contribution in [3.8, 4) is 0 Å². The summed E-state index contributed by atoms with van der Waals surface area (Å²) in [6.45, 7) is 1.77. The van der Waals surface area contributed by atoms with Crippen LogP contribution in [0.5, 0.6) is 0 Å². The highest BCUT2D eigenvalue weighted by Crippen LogP contribution is 2.22. The van der Waals surface area contributed by atoms with Crippen LogP contribution < -0.4 is 9.62 Å². The Morgan fingerprint density at radius 2 is 1.89 bits per heavy atom. The second-order valence-electron chi connectivity index (χ2n) is 6.86. The first-order valence-electron chi connectivity index (χ1n) is 9.03. The van der Waals surface area contributed by atoms with Crippen molar-refractivity contribution in [1.82, 2.24) is 19.8 Å². The molecule has 8 nitrogen and oxygen atoms in total. The van der Waals surface area contributed by atoms with Gasteiger partial charge in [0.2, 0.25) is 16.0 Å². The smallest absolute Gasteiger partial charge is 0.225 e. The van der Waals surface area contributed by atoms with Gasteiger partial charge in [-0.1, -0.05) is 17.3 Å². The van der Waals surface area contributed by atoms with Crippen molar-refractivity contribution in [3.63, 3.8) is 0 Å². The van der Waals surface area contributed by atoms with Crippen LogP contribution in [0, 0.1) is 11.7 Å². The van der Waals surface area contributed by atoms with E-state index in [1.165, 1.54) is 0 Å². The number of sulfonamides is 1. The number of para-hydroxylation sites is 1. The monoisotopic (exact) mass is 405 g/mol. The van der Waals surface area contributed by atoms with E-state index in [1.807, 2.05) is 17.0 Å². The molecule has 0 radical (unpaired) electrons. The molecule has 1 aromatic carbocycles. The Kier molecular flexibility index (Phi) is 5.23. The third kappa shape index (κ3) is 4.28. The van der Waals surface area contributed by atoms with Gasteiger partial charge >= 0.3 is 0 Å². The van der Waals surface area contributed by atoms with Crippen molar-refractivity contribution in [2.75, 3.05) is 24.5 Å². The summed E-state index contributed by atoms with van der Waals surface area (Å²) in [5.41, 5.74) is 0.981. The first-order valence-corrected chi connectivity index (χ1v) is 10.7. The van der Waals surface area contributed by atoms with Crippen LogP contribution in [-0.4, -0.2) is 43.2 Å². The predicted octanol–water partition coefficient (Wildman–Crippen LogP) is 2.09. The number of piperidine rings is 1. The summed E-state index contributed by atoms with van der Waals surface area (Å²) in [7, 11) is -3.52. The highest BCUT2D eigenvalue weighted by atomic mass is 32.2. The van der Waals surface area contributed by atoms with Crippen LogP contribution in [0.1, 0.15) is 18.5 Å². The van der Waals surface area contributed by atoms with Gasteiger partial charge in [-0.15, -0.1) is 0 Å². The van der Waals surface area contributed by atoms with Gasteiger partial charge in [0.25, 0.3) is 0 Å². The van der Waals surface area contributed by atoms with Crippen LogP contribution in [0.3, 0.4) is 0 Å². The van der Waals surface area contributed by atoms with Gasteiger partial charge in [0.05, 0.1) is 12.4 Å². The summed E-state index contributed by atoms with van der Waals surface area (Å²) < 4.78 is 45.7. The molecule has 0 saturated carbocycles. The van der Waals surface area contributed by atoms with Gasteiger partial charge in [-0.2, -0.15) is 0 Å². The molecule has 10 heteroatoms. The SMILES string of the molecule is O=S(=O)(Cc1noc2ccccc12)NCC1CCN(c2ncc(F)cn2)CC1. The van der Waals surface area contributed by atoms with Crippen LogP contribution in [0.4, 0.5) is 10.3 Å². The minimum Gasteiger partial charge on any atom is -0.356 e. The quantitative estimate of drug-likeness (QED) is 0.670. The Labute approximate surface area is 161 Å². The zero-order chi connectivity index (χ0) is 19.6. The standard InChI is InChI=1S/C18H20FN5O3S/c19-14-10-20-18(21-11-14)24-7-5-13(6-8-24)9-22-28(25,26)12-16-15-3-1-2-4-17(15)27-23-16/h1-4,10-11,13,22H,5-9,12H2. The average molecular weight is 405 g/mol. The van der Waals surface area contributed by atoms with E-state index >= 15 is 0 Å². The summed E-state index contributed by atoms with van der Waals surface area (Å²) in [5, 5.41) is 4.59. The highest BCUT2D eigenvalue weighted by Gasteiger charge is 2.23. The molecule has 148 valence electrons. The molecular weight excluding hydrogens is 385 g/mol. The number of fused-ring (bicyclic) bond motifs is 1. The fourth-order valence-corrected chi connectivity index (χ4v) is 4.48. The van der Waals surface area contributed by atoms with Crippen molar-refractivity contribution in [2.24, 2.45) is 5.92 Å². The number of hydrogen-bond donors (Lipinski definition) is 1. The van der Waals surface area contributed by atoms with E-state index in [0.717, 1.165) is 25.2 Å². The number of rotatable bonds is 6. The number of aromatic nitrogens is 3. The molecule has 28 heavy (non-hydrogen) atoms. The summed E-state index contributed by atoms with van der Waals surface area (Å²) in [5.74, 6) is 0.0403. The van der Waals surface area contributed by atoms with Crippen LogP contribution in [0.25, 0.3) is 11.0 Å². The molecule has 2 aromatic heterocycles. The summed E-state index contributed by atoms with van der Waals surface area (Å²) in [6.07, 6.45) is 3.90. The maximum atomic E-state index is 12.9. The molecule has 1 aliphatic rings. The molecule has 3 heterocycles. The Morgan fingerprint density at radius 1 is 1.18 bits per heavy atom.